The molecular formula is C17H23NO5. The Morgan fingerprint density at radius 3 is 2.30 bits per heavy atom. The van der Waals surface area contributed by atoms with E-state index in [1.165, 1.54) is 12.1 Å². The van der Waals surface area contributed by atoms with Crippen LogP contribution in [0.3, 0.4) is 0 Å². The molecule has 1 aromatic carbocycles. The summed E-state index contributed by atoms with van der Waals surface area (Å²) in [5, 5.41) is 11.6. The van der Waals surface area contributed by atoms with Gasteiger partial charge in [-0.25, -0.2) is 9.59 Å². The summed E-state index contributed by atoms with van der Waals surface area (Å²) in [4.78, 5) is 22.5. The molecule has 1 fully saturated rings. The Labute approximate surface area is 135 Å². The highest BCUT2D eigenvalue weighted by atomic mass is 16.6. The Balaban J connectivity index is 1.78. The maximum Gasteiger partial charge on any atom is 0.407 e. The fourth-order valence-corrected chi connectivity index (χ4v) is 2.05. The van der Waals surface area contributed by atoms with Crippen LogP contribution in [-0.4, -0.2) is 35.9 Å². The molecule has 0 aromatic heterocycles. The van der Waals surface area contributed by atoms with Crippen LogP contribution in [0.5, 0.6) is 5.75 Å². The molecule has 0 unspecified atom stereocenters. The van der Waals surface area contributed by atoms with Gasteiger partial charge in [0.1, 0.15) is 11.4 Å². The second-order valence-corrected chi connectivity index (χ2v) is 6.97. The summed E-state index contributed by atoms with van der Waals surface area (Å²) in [6, 6.07) is 6.30. The van der Waals surface area contributed by atoms with E-state index in [0.717, 1.165) is 12.8 Å². The number of rotatable bonds is 6. The Morgan fingerprint density at radius 2 is 1.83 bits per heavy atom. The molecule has 0 atom stereocenters. The SMILES string of the molecule is CC(C)(C)OC(=O)NCC1(COc2ccc(C(=O)O)cc2)CC1. The summed E-state index contributed by atoms with van der Waals surface area (Å²) in [5.74, 6) is -0.338. The van der Waals surface area contributed by atoms with Crippen LogP contribution < -0.4 is 10.1 Å². The first-order chi connectivity index (χ1) is 10.7. The van der Waals surface area contributed by atoms with E-state index in [1.54, 1.807) is 12.1 Å². The molecule has 1 aromatic rings. The third-order valence-electron chi connectivity index (χ3n) is 3.61. The lowest BCUT2D eigenvalue weighted by Gasteiger charge is -2.22. The van der Waals surface area contributed by atoms with Gasteiger partial charge in [-0.3, -0.25) is 0 Å². The zero-order valence-corrected chi connectivity index (χ0v) is 13.7. The number of ether oxygens (including phenoxy) is 2. The maximum atomic E-state index is 11.7. The van der Waals surface area contributed by atoms with Crippen LogP contribution in [0.4, 0.5) is 4.79 Å². The van der Waals surface area contributed by atoms with Crippen molar-refractivity contribution in [2.24, 2.45) is 5.41 Å². The minimum atomic E-state index is -0.961. The van der Waals surface area contributed by atoms with Gasteiger partial charge < -0.3 is 19.9 Å². The summed E-state index contributed by atoms with van der Waals surface area (Å²) in [6.07, 6.45) is 1.54. The van der Waals surface area contributed by atoms with Gasteiger partial charge in [-0.1, -0.05) is 0 Å². The van der Waals surface area contributed by atoms with Gasteiger partial charge in [0.15, 0.2) is 0 Å². The average molecular weight is 321 g/mol. The third-order valence-corrected chi connectivity index (χ3v) is 3.61. The molecule has 1 aliphatic carbocycles. The van der Waals surface area contributed by atoms with Crippen molar-refractivity contribution in [1.82, 2.24) is 5.32 Å². The molecule has 0 saturated heterocycles. The van der Waals surface area contributed by atoms with E-state index in [-0.39, 0.29) is 11.0 Å². The molecule has 23 heavy (non-hydrogen) atoms. The summed E-state index contributed by atoms with van der Waals surface area (Å²) in [5.41, 5.74) is -0.337. The van der Waals surface area contributed by atoms with Crippen LogP contribution in [0.15, 0.2) is 24.3 Å². The molecule has 1 amide bonds. The first kappa shape index (κ1) is 17.1. The molecule has 126 valence electrons. The van der Waals surface area contributed by atoms with Crippen LogP contribution in [-0.2, 0) is 4.74 Å². The second-order valence-electron chi connectivity index (χ2n) is 6.97. The van der Waals surface area contributed by atoms with Crippen molar-refractivity contribution >= 4 is 12.1 Å². The smallest absolute Gasteiger partial charge is 0.407 e. The van der Waals surface area contributed by atoms with E-state index >= 15 is 0 Å². The highest BCUT2D eigenvalue weighted by Crippen LogP contribution is 2.45. The van der Waals surface area contributed by atoms with Crippen molar-refractivity contribution in [1.29, 1.82) is 0 Å². The molecule has 6 heteroatoms. The average Bonchev–Trinajstić information content (AvgIpc) is 3.22. The number of carbonyl (C=O) groups is 2. The number of hydrogen-bond acceptors (Lipinski definition) is 4. The molecule has 1 saturated carbocycles. The van der Waals surface area contributed by atoms with Crippen LogP contribution in [0.2, 0.25) is 0 Å². The second kappa shape index (κ2) is 6.48. The predicted octanol–water partition coefficient (Wildman–Crippen LogP) is 3.07. The number of amides is 1. The van der Waals surface area contributed by atoms with Crippen molar-refractivity contribution < 1.29 is 24.2 Å². The fourth-order valence-electron chi connectivity index (χ4n) is 2.05. The van der Waals surface area contributed by atoms with Gasteiger partial charge in [-0.05, 0) is 57.9 Å². The van der Waals surface area contributed by atoms with E-state index in [4.69, 9.17) is 14.6 Å². The lowest BCUT2D eigenvalue weighted by molar-refractivity contribution is 0.0509. The molecule has 0 spiro atoms. The summed E-state index contributed by atoms with van der Waals surface area (Å²) in [6.45, 7) is 6.46. The normalized spacial score (nSPS) is 15.6. The lowest BCUT2D eigenvalue weighted by atomic mass is 10.1. The molecule has 2 N–H and O–H groups in total. The number of carboxylic acid groups (broad SMARTS) is 1. The number of carboxylic acids is 1. The Bertz CT molecular complexity index is 570. The predicted molar refractivity (Wildman–Crippen MR) is 84.8 cm³/mol. The third kappa shape index (κ3) is 5.47. The first-order valence-corrected chi connectivity index (χ1v) is 7.62. The number of benzene rings is 1. The highest BCUT2D eigenvalue weighted by Gasteiger charge is 2.44. The van der Waals surface area contributed by atoms with E-state index in [0.29, 0.717) is 18.9 Å². The highest BCUT2D eigenvalue weighted by molar-refractivity contribution is 5.87. The number of nitrogens with one attached hydrogen (secondary N) is 1. The zero-order valence-electron chi connectivity index (χ0n) is 13.7. The largest absolute Gasteiger partial charge is 0.493 e. The van der Waals surface area contributed by atoms with Crippen molar-refractivity contribution in [2.75, 3.05) is 13.2 Å². The molecule has 6 nitrogen and oxygen atoms in total. The van der Waals surface area contributed by atoms with E-state index < -0.39 is 17.7 Å². The van der Waals surface area contributed by atoms with Gasteiger partial charge in [-0.15, -0.1) is 0 Å². The van der Waals surface area contributed by atoms with Crippen molar-refractivity contribution in [3.05, 3.63) is 29.8 Å². The van der Waals surface area contributed by atoms with Gasteiger partial charge >= 0.3 is 12.1 Å². The monoisotopic (exact) mass is 321 g/mol. The fraction of sp³-hybridized carbons (Fsp3) is 0.529. The van der Waals surface area contributed by atoms with E-state index in [9.17, 15) is 9.59 Å². The Morgan fingerprint density at radius 1 is 1.22 bits per heavy atom. The van der Waals surface area contributed by atoms with Crippen LogP contribution in [0.1, 0.15) is 44.0 Å². The van der Waals surface area contributed by atoms with Gasteiger partial charge in [0, 0.05) is 12.0 Å². The molecular weight excluding hydrogens is 298 g/mol. The number of carbonyl (C=O) groups excluding carboxylic acids is 1. The summed E-state index contributed by atoms with van der Waals surface area (Å²) >= 11 is 0. The Hall–Kier alpha value is -2.24. The first-order valence-electron chi connectivity index (χ1n) is 7.62. The standard InChI is InChI=1S/C17H23NO5/c1-16(2,3)23-15(21)18-10-17(8-9-17)11-22-13-6-4-12(5-7-13)14(19)20/h4-7H,8-11H2,1-3H3,(H,18,21)(H,19,20). The van der Waals surface area contributed by atoms with Crippen LogP contribution >= 0.6 is 0 Å². The van der Waals surface area contributed by atoms with Crippen LogP contribution in [0, 0.1) is 5.41 Å². The zero-order chi connectivity index (χ0) is 17.1. The molecule has 1 aliphatic rings. The topological polar surface area (TPSA) is 84.9 Å². The molecule has 0 radical (unpaired) electrons. The van der Waals surface area contributed by atoms with Crippen molar-refractivity contribution in [3.8, 4) is 5.75 Å². The Kier molecular flexibility index (Phi) is 4.82. The van der Waals surface area contributed by atoms with Gasteiger partial charge in [0.05, 0.1) is 12.2 Å². The maximum absolute atomic E-state index is 11.7. The molecule has 0 bridgehead atoms. The van der Waals surface area contributed by atoms with Gasteiger partial charge in [0.2, 0.25) is 0 Å². The van der Waals surface area contributed by atoms with Crippen molar-refractivity contribution in [2.45, 2.75) is 39.2 Å². The minimum Gasteiger partial charge on any atom is -0.493 e. The number of aromatic carboxylic acids is 1. The number of alkyl carbamates (subject to hydrolysis) is 1. The van der Waals surface area contributed by atoms with E-state index in [2.05, 4.69) is 5.32 Å². The van der Waals surface area contributed by atoms with Gasteiger partial charge in [0.25, 0.3) is 0 Å². The van der Waals surface area contributed by atoms with E-state index in [1.807, 2.05) is 20.8 Å². The lowest BCUT2D eigenvalue weighted by Crippen LogP contribution is -2.37. The molecule has 0 aliphatic heterocycles. The summed E-state index contributed by atoms with van der Waals surface area (Å²) in [7, 11) is 0. The number of hydrogen-bond donors (Lipinski definition) is 2. The van der Waals surface area contributed by atoms with Crippen molar-refractivity contribution in [3.63, 3.8) is 0 Å². The summed E-state index contributed by atoms with van der Waals surface area (Å²) < 4.78 is 10.9. The van der Waals surface area contributed by atoms with Crippen LogP contribution in [0.25, 0.3) is 0 Å². The quantitative estimate of drug-likeness (QED) is 0.841. The molecule has 2 rings (SSSR count). The molecule has 0 heterocycles. The van der Waals surface area contributed by atoms with Gasteiger partial charge in [-0.2, -0.15) is 0 Å². The minimum absolute atomic E-state index is 0.0532.